The van der Waals surface area contributed by atoms with Gasteiger partial charge in [-0.15, -0.1) is 0 Å². The monoisotopic (exact) mass is 354 g/mol. The van der Waals surface area contributed by atoms with Gasteiger partial charge in [-0.2, -0.15) is 0 Å². The summed E-state index contributed by atoms with van der Waals surface area (Å²) < 4.78 is 5.95. The van der Waals surface area contributed by atoms with Gasteiger partial charge in [0.25, 0.3) is 5.91 Å². The Kier molecular flexibility index (Phi) is 5.96. The highest BCUT2D eigenvalue weighted by molar-refractivity contribution is 5.95. The molecule has 1 aliphatic heterocycles. The van der Waals surface area contributed by atoms with Crippen molar-refractivity contribution in [2.75, 3.05) is 19.7 Å². The fourth-order valence-corrected chi connectivity index (χ4v) is 3.04. The van der Waals surface area contributed by atoms with Crippen LogP contribution in [0.2, 0.25) is 0 Å². The molecule has 2 heterocycles. The van der Waals surface area contributed by atoms with Crippen LogP contribution in [0.25, 0.3) is 0 Å². The van der Waals surface area contributed by atoms with Crippen LogP contribution < -0.4 is 0 Å². The smallest absolute Gasteiger partial charge is 0.354 e. The van der Waals surface area contributed by atoms with Gasteiger partial charge in [-0.1, -0.05) is 30.3 Å². The second-order valence-electron chi connectivity index (χ2n) is 6.34. The Balaban J connectivity index is 1.44. The van der Waals surface area contributed by atoms with Crippen LogP contribution >= 0.6 is 0 Å². The van der Waals surface area contributed by atoms with E-state index >= 15 is 0 Å². The third-order valence-corrected chi connectivity index (χ3v) is 4.55. The Morgan fingerprint density at radius 3 is 2.46 bits per heavy atom. The molecule has 1 amide bonds. The maximum Gasteiger partial charge on any atom is 0.354 e. The van der Waals surface area contributed by atoms with E-state index < -0.39 is 5.97 Å². The summed E-state index contributed by atoms with van der Waals surface area (Å²) in [7, 11) is 0. The fourth-order valence-electron chi connectivity index (χ4n) is 3.04. The van der Waals surface area contributed by atoms with Crippen molar-refractivity contribution >= 4 is 11.9 Å². The predicted molar refractivity (Wildman–Crippen MR) is 96.2 cm³/mol. The summed E-state index contributed by atoms with van der Waals surface area (Å²) in [6.45, 7) is 1.95. The minimum Gasteiger partial charge on any atom is -0.477 e. The third-order valence-electron chi connectivity index (χ3n) is 4.55. The van der Waals surface area contributed by atoms with Gasteiger partial charge in [-0.3, -0.25) is 4.79 Å². The van der Waals surface area contributed by atoms with E-state index in [0.29, 0.717) is 25.3 Å². The van der Waals surface area contributed by atoms with Crippen molar-refractivity contribution in [3.05, 3.63) is 65.5 Å². The zero-order chi connectivity index (χ0) is 18.4. The maximum absolute atomic E-state index is 12.5. The van der Waals surface area contributed by atoms with Gasteiger partial charge >= 0.3 is 5.97 Å². The zero-order valence-electron chi connectivity index (χ0n) is 14.5. The van der Waals surface area contributed by atoms with Crippen LogP contribution in [0.5, 0.6) is 0 Å². The summed E-state index contributed by atoms with van der Waals surface area (Å²) in [5.74, 6) is -1.21. The van der Waals surface area contributed by atoms with Crippen molar-refractivity contribution in [1.82, 2.24) is 9.88 Å². The second kappa shape index (κ2) is 8.58. The molecule has 0 saturated carbocycles. The number of pyridine rings is 1. The van der Waals surface area contributed by atoms with E-state index in [1.165, 1.54) is 23.9 Å². The Labute approximate surface area is 152 Å². The molecule has 0 atom stereocenters. The number of aromatic carboxylic acids is 1. The molecule has 1 aromatic carbocycles. The van der Waals surface area contributed by atoms with Crippen LogP contribution in [0.15, 0.2) is 48.7 Å². The number of likely N-dealkylation sites (tertiary alicyclic amines) is 1. The lowest BCUT2D eigenvalue weighted by atomic mass is 10.1. The number of carboxylic acids is 1. The highest BCUT2D eigenvalue weighted by Gasteiger charge is 2.24. The number of benzene rings is 1. The van der Waals surface area contributed by atoms with Crippen molar-refractivity contribution in [3.8, 4) is 0 Å². The Hall–Kier alpha value is -2.73. The minimum absolute atomic E-state index is 0.0629. The fraction of sp³-hybridized carbons (Fsp3) is 0.350. The van der Waals surface area contributed by atoms with Gasteiger partial charge in [0.15, 0.2) is 0 Å². The van der Waals surface area contributed by atoms with Crippen molar-refractivity contribution in [2.45, 2.75) is 25.4 Å². The third kappa shape index (κ3) is 4.67. The molecule has 26 heavy (non-hydrogen) atoms. The summed E-state index contributed by atoms with van der Waals surface area (Å²) in [6.07, 6.45) is 4.01. The molecule has 3 rings (SSSR count). The molecule has 6 nitrogen and oxygen atoms in total. The molecule has 1 saturated heterocycles. The number of amides is 1. The molecular formula is C20H22N2O4. The van der Waals surface area contributed by atoms with E-state index in [1.54, 1.807) is 4.90 Å². The van der Waals surface area contributed by atoms with Crippen LogP contribution in [0.1, 0.15) is 39.3 Å². The number of aromatic nitrogens is 1. The van der Waals surface area contributed by atoms with E-state index in [9.17, 15) is 9.59 Å². The van der Waals surface area contributed by atoms with Gasteiger partial charge < -0.3 is 14.7 Å². The van der Waals surface area contributed by atoms with Gasteiger partial charge in [-0.05, 0) is 37.0 Å². The number of carbonyl (C=O) groups excluding carboxylic acids is 1. The Morgan fingerprint density at radius 1 is 1.12 bits per heavy atom. The molecule has 1 aliphatic rings. The predicted octanol–water partition coefficient (Wildman–Crippen LogP) is 2.64. The van der Waals surface area contributed by atoms with Crippen molar-refractivity contribution in [3.63, 3.8) is 0 Å². The highest BCUT2D eigenvalue weighted by Crippen LogP contribution is 2.17. The number of rotatable bonds is 6. The molecule has 1 N–H and O–H groups in total. The van der Waals surface area contributed by atoms with E-state index in [1.807, 2.05) is 18.2 Å². The lowest BCUT2D eigenvalue weighted by Crippen LogP contribution is -2.41. The van der Waals surface area contributed by atoms with Crippen LogP contribution in [-0.4, -0.2) is 52.7 Å². The lowest BCUT2D eigenvalue weighted by molar-refractivity contribution is 0.0100. The molecular weight excluding hydrogens is 332 g/mol. The van der Waals surface area contributed by atoms with Gasteiger partial charge in [0.1, 0.15) is 5.69 Å². The van der Waals surface area contributed by atoms with Crippen LogP contribution in [0.3, 0.4) is 0 Å². The summed E-state index contributed by atoms with van der Waals surface area (Å²) in [5.41, 5.74) is 1.61. The molecule has 136 valence electrons. The molecule has 1 fully saturated rings. The Bertz CT molecular complexity index is 738. The van der Waals surface area contributed by atoms with Crippen molar-refractivity contribution in [2.24, 2.45) is 0 Å². The van der Waals surface area contributed by atoms with E-state index in [-0.39, 0.29) is 17.7 Å². The number of hydrogen-bond acceptors (Lipinski definition) is 4. The van der Waals surface area contributed by atoms with Gasteiger partial charge in [0.05, 0.1) is 18.3 Å². The number of carboxylic acid groups (broad SMARTS) is 1. The average Bonchev–Trinajstić information content (AvgIpc) is 2.69. The summed E-state index contributed by atoms with van der Waals surface area (Å²) in [4.78, 5) is 28.9. The summed E-state index contributed by atoms with van der Waals surface area (Å²) in [5, 5.41) is 8.86. The van der Waals surface area contributed by atoms with E-state index in [0.717, 1.165) is 19.3 Å². The molecule has 1 aromatic heterocycles. The number of piperidine rings is 1. The first-order valence-corrected chi connectivity index (χ1v) is 8.77. The van der Waals surface area contributed by atoms with Gasteiger partial charge in [0.2, 0.25) is 0 Å². The SMILES string of the molecule is O=C(O)c1ccc(C(=O)N2CCC(OCCc3ccccc3)CC2)cn1. The number of nitrogens with zero attached hydrogens (tertiary/aromatic N) is 2. The quantitative estimate of drug-likeness (QED) is 0.863. The number of ether oxygens (including phenoxy) is 1. The first kappa shape index (κ1) is 18.1. The topological polar surface area (TPSA) is 79.7 Å². The average molecular weight is 354 g/mol. The van der Waals surface area contributed by atoms with E-state index in [2.05, 4.69) is 17.1 Å². The number of hydrogen-bond donors (Lipinski definition) is 1. The Morgan fingerprint density at radius 2 is 1.85 bits per heavy atom. The number of carbonyl (C=O) groups is 2. The highest BCUT2D eigenvalue weighted by atomic mass is 16.5. The largest absolute Gasteiger partial charge is 0.477 e. The van der Waals surface area contributed by atoms with Crippen molar-refractivity contribution in [1.29, 1.82) is 0 Å². The molecule has 6 heteroatoms. The normalized spacial score (nSPS) is 15.0. The maximum atomic E-state index is 12.5. The molecule has 0 radical (unpaired) electrons. The first-order chi connectivity index (χ1) is 12.6. The van der Waals surface area contributed by atoms with Crippen LogP contribution in [0.4, 0.5) is 0 Å². The summed E-state index contributed by atoms with van der Waals surface area (Å²) in [6, 6.07) is 13.1. The standard InChI is InChI=1S/C20H22N2O4/c23-19(16-6-7-18(20(24)25)21-14-16)22-11-8-17(9-12-22)26-13-10-15-4-2-1-3-5-15/h1-7,14,17H,8-13H2,(H,24,25). The lowest BCUT2D eigenvalue weighted by Gasteiger charge is -2.32. The molecule has 0 aliphatic carbocycles. The minimum atomic E-state index is -1.10. The van der Waals surface area contributed by atoms with Crippen molar-refractivity contribution < 1.29 is 19.4 Å². The molecule has 2 aromatic rings. The molecule has 0 unspecified atom stereocenters. The van der Waals surface area contributed by atoms with E-state index in [4.69, 9.17) is 9.84 Å². The van der Waals surface area contributed by atoms with Gasteiger partial charge in [0, 0.05) is 19.3 Å². The molecule has 0 bridgehead atoms. The first-order valence-electron chi connectivity index (χ1n) is 8.77. The second-order valence-corrected chi connectivity index (χ2v) is 6.34. The van der Waals surface area contributed by atoms with Crippen LogP contribution in [0, 0.1) is 0 Å². The van der Waals surface area contributed by atoms with Crippen LogP contribution in [-0.2, 0) is 11.2 Å². The molecule has 0 spiro atoms. The van der Waals surface area contributed by atoms with Gasteiger partial charge in [-0.25, -0.2) is 9.78 Å². The zero-order valence-corrected chi connectivity index (χ0v) is 14.5. The summed E-state index contributed by atoms with van der Waals surface area (Å²) >= 11 is 0.